The number of aryl methyl sites for hydroxylation is 1. The summed E-state index contributed by atoms with van der Waals surface area (Å²) in [6, 6.07) is 4.90. The second kappa shape index (κ2) is 7.63. The maximum Gasteiger partial charge on any atom is 0.275 e. The standard InChI is InChI=1S/C16H16F2N4O3S/c1-3-6-20-26(24,25)13-9-22(2)15(14(13)18)16(23)21-11-4-5-12(17)10(7-11)8-19/h4-5,7,9,20H,3,6H2,1-2H3,(H,21,23). The van der Waals surface area contributed by atoms with E-state index in [4.69, 9.17) is 5.26 Å². The van der Waals surface area contributed by atoms with Gasteiger partial charge in [-0.1, -0.05) is 6.92 Å². The summed E-state index contributed by atoms with van der Waals surface area (Å²) in [5, 5.41) is 11.1. The second-order valence-corrected chi connectivity index (χ2v) is 7.16. The molecule has 1 heterocycles. The third-order valence-electron chi connectivity index (χ3n) is 3.48. The summed E-state index contributed by atoms with van der Waals surface area (Å²) in [4.78, 5) is 11.7. The van der Waals surface area contributed by atoms with Crippen LogP contribution in [-0.4, -0.2) is 25.4 Å². The summed E-state index contributed by atoms with van der Waals surface area (Å²) in [5.74, 6) is -2.89. The Morgan fingerprint density at radius 2 is 2.04 bits per heavy atom. The van der Waals surface area contributed by atoms with E-state index in [1.54, 1.807) is 13.0 Å². The average molecular weight is 382 g/mol. The van der Waals surface area contributed by atoms with Crippen molar-refractivity contribution in [3.8, 4) is 6.07 Å². The fraction of sp³-hybridized carbons (Fsp3) is 0.250. The number of halogens is 2. The molecule has 138 valence electrons. The first-order valence-electron chi connectivity index (χ1n) is 7.56. The minimum Gasteiger partial charge on any atom is -0.343 e. The normalized spacial score (nSPS) is 11.2. The highest BCUT2D eigenvalue weighted by Crippen LogP contribution is 2.22. The number of amides is 1. The summed E-state index contributed by atoms with van der Waals surface area (Å²) in [6.07, 6.45) is 1.51. The zero-order chi connectivity index (χ0) is 19.5. The van der Waals surface area contributed by atoms with Gasteiger partial charge in [0.25, 0.3) is 5.91 Å². The first-order chi connectivity index (χ1) is 12.2. The predicted octanol–water partition coefficient (Wildman–Crippen LogP) is 2.12. The number of nitriles is 1. The lowest BCUT2D eigenvalue weighted by atomic mass is 10.2. The third-order valence-corrected chi connectivity index (χ3v) is 4.93. The van der Waals surface area contributed by atoms with Crippen molar-refractivity contribution in [3.05, 3.63) is 47.3 Å². The zero-order valence-electron chi connectivity index (χ0n) is 14.0. The van der Waals surface area contributed by atoms with Crippen molar-refractivity contribution in [3.63, 3.8) is 0 Å². The summed E-state index contributed by atoms with van der Waals surface area (Å²) >= 11 is 0. The lowest BCUT2D eigenvalue weighted by Gasteiger charge is -2.07. The van der Waals surface area contributed by atoms with Crippen molar-refractivity contribution >= 4 is 21.6 Å². The molecule has 2 rings (SSSR count). The number of aromatic nitrogens is 1. The molecule has 1 amide bonds. The number of hydrogen-bond acceptors (Lipinski definition) is 4. The largest absolute Gasteiger partial charge is 0.343 e. The SMILES string of the molecule is CCCNS(=O)(=O)c1cn(C)c(C(=O)Nc2ccc(F)c(C#N)c2)c1F. The maximum absolute atomic E-state index is 14.6. The molecule has 7 nitrogen and oxygen atoms in total. The number of nitrogens with zero attached hydrogens (tertiary/aromatic N) is 2. The van der Waals surface area contributed by atoms with Gasteiger partial charge in [-0.05, 0) is 24.6 Å². The number of hydrogen-bond donors (Lipinski definition) is 2. The molecular formula is C16H16F2N4O3S. The highest BCUT2D eigenvalue weighted by Gasteiger charge is 2.28. The van der Waals surface area contributed by atoms with Gasteiger partial charge in [-0.2, -0.15) is 5.26 Å². The van der Waals surface area contributed by atoms with E-state index < -0.39 is 38.2 Å². The van der Waals surface area contributed by atoms with Gasteiger partial charge in [0.05, 0.1) is 5.56 Å². The van der Waals surface area contributed by atoms with E-state index in [1.807, 2.05) is 0 Å². The van der Waals surface area contributed by atoms with Crippen LogP contribution in [0.4, 0.5) is 14.5 Å². The van der Waals surface area contributed by atoms with Gasteiger partial charge < -0.3 is 9.88 Å². The Morgan fingerprint density at radius 1 is 1.35 bits per heavy atom. The highest BCUT2D eigenvalue weighted by molar-refractivity contribution is 7.89. The molecule has 2 N–H and O–H groups in total. The number of carbonyl (C=O) groups excluding carboxylic acids is 1. The molecule has 0 spiro atoms. The van der Waals surface area contributed by atoms with Gasteiger partial charge in [0, 0.05) is 25.5 Å². The average Bonchev–Trinajstić information content (AvgIpc) is 2.90. The van der Waals surface area contributed by atoms with E-state index in [9.17, 15) is 22.0 Å². The van der Waals surface area contributed by atoms with Crippen LogP contribution in [0.5, 0.6) is 0 Å². The van der Waals surface area contributed by atoms with Crippen molar-refractivity contribution in [2.75, 3.05) is 11.9 Å². The summed E-state index contributed by atoms with van der Waals surface area (Å²) in [5.41, 5.74) is -0.728. The Balaban J connectivity index is 2.35. The van der Waals surface area contributed by atoms with Gasteiger partial charge in [0.1, 0.15) is 22.5 Å². The van der Waals surface area contributed by atoms with Crippen LogP contribution in [0, 0.1) is 23.0 Å². The van der Waals surface area contributed by atoms with Crippen LogP contribution < -0.4 is 10.0 Å². The topological polar surface area (TPSA) is 104 Å². The number of rotatable bonds is 6. The first kappa shape index (κ1) is 19.6. The predicted molar refractivity (Wildman–Crippen MR) is 89.9 cm³/mol. The van der Waals surface area contributed by atoms with E-state index in [1.165, 1.54) is 13.1 Å². The minimum absolute atomic E-state index is 0.0714. The molecule has 0 fully saturated rings. The van der Waals surface area contributed by atoms with Crippen molar-refractivity contribution in [2.24, 2.45) is 7.05 Å². The van der Waals surface area contributed by atoms with Gasteiger partial charge in [-0.3, -0.25) is 4.79 Å². The van der Waals surface area contributed by atoms with Gasteiger partial charge in [-0.15, -0.1) is 0 Å². The number of nitrogens with one attached hydrogen (secondary N) is 2. The molecule has 26 heavy (non-hydrogen) atoms. The fourth-order valence-electron chi connectivity index (χ4n) is 2.21. The molecule has 10 heteroatoms. The molecule has 0 saturated heterocycles. The molecule has 0 bridgehead atoms. The van der Waals surface area contributed by atoms with Crippen LogP contribution in [0.25, 0.3) is 0 Å². The Bertz CT molecular complexity index is 994. The number of carbonyl (C=O) groups is 1. The van der Waals surface area contributed by atoms with Crippen LogP contribution in [-0.2, 0) is 17.1 Å². The Hall–Kier alpha value is -2.77. The van der Waals surface area contributed by atoms with E-state index in [-0.39, 0.29) is 17.8 Å². The molecule has 1 aromatic carbocycles. The molecule has 2 aromatic rings. The lowest BCUT2D eigenvalue weighted by Crippen LogP contribution is -2.25. The van der Waals surface area contributed by atoms with Gasteiger partial charge in [0.2, 0.25) is 10.0 Å². The van der Waals surface area contributed by atoms with Crippen LogP contribution >= 0.6 is 0 Å². The summed E-state index contributed by atoms with van der Waals surface area (Å²) in [6.45, 7) is 1.88. The molecule has 0 unspecified atom stereocenters. The Labute approximate surface area is 149 Å². The van der Waals surface area contributed by atoms with Gasteiger partial charge in [0.15, 0.2) is 5.82 Å². The Morgan fingerprint density at radius 3 is 2.65 bits per heavy atom. The first-order valence-corrected chi connectivity index (χ1v) is 9.05. The van der Waals surface area contributed by atoms with Gasteiger partial charge in [-0.25, -0.2) is 21.9 Å². The molecule has 0 radical (unpaired) electrons. The fourth-order valence-corrected chi connectivity index (χ4v) is 3.47. The van der Waals surface area contributed by atoms with Crippen LogP contribution in [0.3, 0.4) is 0 Å². The van der Waals surface area contributed by atoms with Crippen molar-refractivity contribution < 1.29 is 22.0 Å². The Kier molecular flexibility index (Phi) is 5.74. The second-order valence-electron chi connectivity index (χ2n) is 5.43. The van der Waals surface area contributed by atoms with Crippen molar-refractivity contribution in [2.45, 2.75) is 18.2 Å². The monoisotopic (exact) mass is 382 g/mol. The van der Waals surface area contributed by atoms with E-state index >= 15 is 0 Å². The molecular weight excluding hydrogens is 366 g/mol. The van der Waals surface area contributed by atoms with Crippen LogP contribution in [0.1, 0.15) is 29.4 Å². The summed E-state index contributed by atoms with van der Waals surface area (Å²) < 4.78 is 55.4. The third kappa shape index (κ3) is 3.89. The number of anilines is 1. The molecule has 0 atom stereocenters. The minimum atomic E-state index is -4.10. The lowest BCUT2D eigenvalue weighted by molar-refractivity contribution is 0.101. The van der Waals surface area contributed by atoms with E-state index in [0.29, 0.717) is 6.42 Å². The van der Waals surface area contributed by atoms with Crippen molar-refractivity contribution in [1.29, 1.82) is 5.26 Å². The highest BCUT2D eigenvalue weighted by atomic mass is 32.2. The smallest absolute Gasteiger partial charge is 0.275 e. The molecule has 0 aliphatic heterocycles. The van der Waals surface area contributed by atoms with Gasteiger partial charge >= 0.3 is 0 Å². The number of sulfonamides is 1. The quantitative estimate of drug-likeness (QED) is 0.798. The molecule has 1 aromatic heterocycles. The molecule has 0 saturated carbocycles. The molecule has 0 aliphatic rings. The van der Waals surface area contributed by atoms with E-state index in [2.05, 4.69) is 10.0 Å². The zero-order valence-corrected chi connectivity index (χ0v) is 14.8. The summed E-state index contributed by atoms with van der Waals surface area (Å²) in [7, 11) is -2.77. The maximum atomic E-state index is 14.6. The van der Waals surface area contributed by atoms with E-state index in [0.717, 1.165) is 22.9 Å². The van der Waals surface area contributed by atoms with Crippen LogP contribution in [0.15, 0.2) is 29.3 Å². The molecule has 0 aliphatic carbocycles. The van der Waals surface area contributed by atoms with Crippen LogP contribution in [0.2, 0.25) is 0 Å². The van der Waals surface area contributed by atoms with Crippen molar-refractivity contribution in [1.82, 2.24) is 9.29 Å². The number of benzene rings is 1.